The molecule has 1 aromatic carbocycles. The second-order valence-corrected chi connectivity index (χ2v) is 6.82. The largest absolute Gasteiger partial charge is 0.383 e. The number of anilines is 1. The summed E-state index contributed by atoms with van der Waals surface area (Å²) < 4.78 is 2.08. The van der Waals surface area contributed by atoms with Crippen molar-refractivity contribution in [3.8, 4) is 17.1 Å². The molecule has 1 aliphatic carbocycles. The van der Waals surface area contributed by atoms with Gasteiger partial charge in [0.2, 0.25) is 0 Å². The lowest BCUT2D eigenvalue weighted by atomic mass is 10.1. The lowest BCUT2D eigenvalue weighted by Gasteiger charge is -2.13. The lowest BCUT2D eigenvalue weighted by molar-refractivity contribution is 0.590. The fourth-order valence-corrected chi connectivity index (χ4v) is 3.99. The molecule has 0 saturated heterocycles. The summed E-state index contributed by atoms with van der Waals surface area (Å²) in [6.45, 7) is 0. The summed E-state index contributed by atoms with van der Waals surface area (Å²) >= 11 is 0. The first-order chi connectivity index (χ1) is 13.3. The Morgan fingerprint density at radius 1 is 1.11 bits per heavy atom. The number of pyridine rings is 2. The number of nitrogens with zero attached hydrogens (tertiary/aromatic N) is 4. The van der Waals surface area contributed by atoms with Gasteiger partial charge in [-0.2, -0.15) is 0 Å². The van der Waals surface area contributed by atoms with Crippen molar-refractivity contribution in [3.05, 3.63) is 66.0 Å². The maximum atomic E-state index is 6.15. The van der Waals surface area contributed by atoms with Crippen LogP contribution in [0.1, 0.15) is 23.6 Å². The number of aryl methyl sites for hydroxylation is 1. The van der Waals surface area contributed by atoms with Crippen molar-refractivity contribution in [1.29, 1.82) is 0 Å². The first-order valence-corrected chi connectivity index (χ1v) is 9.11. The van der Waals surface area contributed by atoms with Gasteiger partial charge in [0.15, 0.2) is 11.5 Å². The number of hydrogen-bond donors (Lipinski definition) is 2. The number of hydrogen-bond acceptors (Lipinski definition) is 5. The highest BCUT2D eigenvalue weighted by Crippen LogP contribution is 2.35. The fourth-order valence-electron chi connectivity index (χ4n) is 3.99. The molecule has 3 N–H and O–H groups in total. The molecule has 1 unspecified atom stereocenters. The van der Waals surface area contributed by atoms with Crippen LogP contribution in [-0.2, 0) is 6.42 Å². The number of nitrogens with one attached hydrogen (secondary N) is 1. The summed E-state index contributed by atoms with van der Waals surface area (Å²) in [5.74, 6) is 1.22. The third-order valence-electron chi connectivity index (χ3n) is 5.31. The maximum absolute atomic E-state index is 6.15. The summed E-state index contributed by atoms with van der Waals surface area (Å²) in [6.07, 6.45) is 5.68. The van der Waals surface area contributed by atoms with Gasteiger partial charge in [-0.25, -0.2) is 15.0 Å². The molecule has 1 aliphatic rings. The summed E-state index contributed by atoms with van der Waals surface area (Å²) in [5.41, 5.74) is 12.4. The van der Waals surface area contributed by atoms with Gasteiger partial charge in [-0.3, -0.25) is 4.57 Å². The van der Waals surface area contributed by atoms with Gasteiger partial charge in [0.25, 0.3) is 0 Å². The van der Waals surface area contributed by atoms with Gasteiger partial charge in [-0.15, -0.1) is 0 Å². The fraction of sp³-hybridized carbons (Fsp3) is 0.190. The molecule has 0 amide bonds. The van der Waals surface area contributed by atoms with Crippen LogP contribution in [-0.4, -0.2) is 26.6 Å². The number of aromatic nitrogens is 4. The number of nitrogens with two attached hydrogens (primary N) is 1. The standard InChI is InChI=1S/C21H20N6/c1-23-17-9-6-13-12-14(7-8-15(13)17)27-20(16-4-2-10-24-19(16)22)26-18-5-3-11-25-21(18)27/h2-5,7-8,10-12,17,23H,6,9H2,1H3,(H2,22,24). The zero-order valence-electron chi connectivity index (χ0n) is 15.1. The average Bonchev–Trinajstić information content (AvgIpc) is 3.28. The van der Waals surface area contributed by atoms with E-state index in [1.54, 1.807) is 12.4 Å². The number of fused-ring (bicyclic) bond motifs is 2. The van der Waals surface area contributed by atoms with E-state index in [1.165, 1.54) is 11.1 Å². The Hall–Kier alpha value is -3.25. The predicted molar refractivity (Wildman–Crippen MR) is 107 cm³/mol. The van der Waals surface area contributed by atoms with Crippen molar-refractivity contribution in [2.45, 2.75) is 18.9 Å². The van der Waals surface area contributed by atoms with Crippen LogP contribution in [0.2, 0.25) is 0 Å². The van der Waals surface area contributed by atoms with Crippen molar-refractivity contribution in [2.75, 3.05) is 12.8 Å². The molecule has 3 aromatic heterocycles. The average molecular weight is 356 g/mol. The number of imidazole rings is 1. The van der Waals surface area contributed by atoms with Gasteiger partial charge in [0, 0.05) is 24.1 Å². The molecule has 1 atom stereocenters. The van der Waals surface area contributed by atoms with Crippen LogP contribution in [0.5, 0.6) is 0 Å². The second-order valence-electron chi connectivity index (χ2n) is 6.82. The Morgan fingerprint density at radius 3 is 2.81 bits per heavy atom. The van der Waals surface area contributed by atoms with Gasteiger partial charge in [-0.05, 0) is 67.4 Å². The lowest BCUT2D eigenvalue weighted by Crippen LogP contribution is -2.12. The highest BCUT2D eigenvalue weighted by atomic mass is 15.1. The van der Waals surface area contributed by atoms with Crippen LogP contribution >= 0.6 is 0 Å². The van der Waals surface area contributed by atoms with Crippen molar-refractivity contribution in [2.24, 2.45) is 0 Å². The van der Waals surface area contributed by atoms with Crippen LogP contribution in [0.15, 0.2) is 54.9 Å². The Labute approximate surface area is 157 Å². The Bertz CT molecular complexity index is 1150. The highest BCUT2D eigenvalue weighted by Gasteiger charge is 2.23. The van der Waals surface area contributed by atoms with E-state index in [2.05, 4.69) is 38.1 Å². The molecule has 4 aromatic rings. The minimum atomic E-state index is 0.431. The molecular weight excluding hydrogens is 336 g/mol. The monoisotopic (exact) mass is 356 g/mol. The van der Waals surface area contributed by atoms with Crippen molar-refractivity contribution in [3.63, 3.8) is 0 Å². The summed E-state index contributed by atoms with van der Waals surface area (Å²) in [6, 6.07) is 14.7. The molecule has 134 valence electrons. The van der Waals surface area contributed by atoms with E-state index in [9.17, 15) is 0 Å². The molecule has 27 heavy (non-hydrogen) atoms. The molecule has 0 bridgehead atoms. The zero-order chi connectivity index (χ0) is 18.4. The van der Waals surface area contributed by atoms with Crippen molar-refractivity contribution in [1.82, 2.24) is 24.8 Å². The van der Waals surface area contributed by atoms with E-state index in [-0.39, 0.29) is 0 Å². The molecule has 0 saturated carbocycles. The highest BCUT2D eigenvalue weighted by molar-refractivity contribution is 5.82. The smallest absolute Gasteiger partial charge is 0.164 e. The Morgan fingerprint density at radius 2 is 1.96 bits per heavy atom. The summed E-state index contributed by atoms with van der Waals surface area (Å²) in [5, 5.41) is 3.39. The van der Waals surface area contributed by atoms with Crippen LogP contribution in [0, 0.1) is 0 Å². The minimum absolute atomic E-state index is 0.431. The molecule has 0 fully saturated rings. The summed E-state index contributed by atoms with van der Waals surface area (Å²) in [4.78, 5) is 13.6. The van der Waals surface area contributed by atoms with Gasteiger partial charge < -0.3 is 11.1 Å². The number of nitrogen functional groups attached to an aromatic ring is 1. The van der Waals surface area contributed by atoms with Gasteiger partial charge in [0.05, 0.1) is 5.56 Å². The van der Waals surface area contributed by atoms with E-state index < -0.39 is 0 Å². The molecule has 0 aliphatic heterocycles. The molecule has 5 rings (SSSR count). The molecule has 0 spiro atoms. The summed E-state index contributed by atoms with van der Waals surface area (Å²) in [7, 11) is 2.02. The van der Waals surface area contributed by atoms with Gasteiger partial charge >= 0.3 is 0 Å². The van der Waals surface area contributed by atoms with Crippen LogP contribution in [0.4, 0.5) is 5.82 Å². The Balaban J connectivity index is 1.76. The maximum Gasteiger partial charge on any atom is 0.164 e. The first kappa shape index (κ1) is 16.0. The van der Waals surface area contributed by atoms with E-state index in [4.69, 9.17) is 10.7 Å². The molecule has 0 radical (unpaired) electrons. The molecule has 6 nitrogen and oxygen atoms in total. The van der Waals surface area contributed by atoms with E-state index >= 15 is 0 Å². The van der Waals surface area contributed by atoms with E-state index in [0.717, 1.165) is 41.1 Å². The zero-order valence-corrected chi connectivity index (χ0v) is 15.1. The van der Waals surface area contributed by atoms with Crippen LogP contribution in [0.3, 0.4) is 0 Å². The second kappa shape index (κ2) is 6.17. The topological polar surface area (TPSA) is 81.7 Å². The number of benzene rings is 1. The number of rotatable bonds is 3. The van der Waals surface area contributed by atoms with E-state index in [0.29, 0.717) is 11.9 Å². The molecule has 6 heteroatoms. The third kappa shape index (κ3) is 2.49. The van der Waals surface area contributed by atoms with Crippen LogP contribution < -0.4 is 11.1 Å². The van der Waals surface area contributed by atoms with Crippen molar-refractivity contribution >= 4 is 17.0 Å². The van der Waals surface area contributed by atoms with Crippen LogP contribution in [0.25, 0.3) is 28.2 Å². The third-order valence-corrected chi connectivity index (χ3v) is 5.31. The minimum Gasteiger partial charge on any atom is -0.383 e. The molecular formula is C21H20N6. The van der Waals surface area contributed by atoms with Gasteiger partial charge in [-0.1, -0.05) is 6.07 Å². The van der Waals surface area contributed by atoms with Gasteiger partial charge in [0.1, 0.15) is 11.3 Å². The Kier molecular flexibility index (Phi) is 3.65. The van der Waals surface area contributed by atoms with E-state index in [1.807, 2.05) is 31.3 Å². The van der Waals surface area contributed by atoms with Crippen molar-refractivity contribution < 1.29 is 0 Å². The first-order valence-electron chi connectivity index (χ1n) is 9.11. The normalized spacial score (nSPS) is 16.0. The quantitative estimate of drug-likeness (QED) is 0.589. The predicted octanol–water partition coefficient (Wildman–Crippen LogP) is 3.27. The SMILES string of the molecule is CNC1CCc2cc(-n3c(-c4cccnc4N)nc4cccnc43)ccc21. The molecule has 3 heterocycles.